The van der Waals surface area contributed by atoms with E-state index < -0.39 is 16.8 Å². The van der Waals surface area contributed by atoms with Gasteiger partial charge in [-0.1, -0.05) is 115 Å². The predicted molar refractivity (Wildman–Crippen MR) is 140 cm³/mol. The Bertz CT molecular complexity index is 630. The first-order chi connectivity index (χ1) is 14.2. The van der Waals surface area contributed by atoms with E-state index in [0.717, 1.165) is 37.6 Å². The van der Waals surface area contributed by atoms with Gasteiger partial charge in [-0.3, -0.25) is 0 Å². The van der Waals surface area contributed by atoms with Crippen molar-refractivity contribution >= 4 is 28.2 Å². The second-order valence-electron chi connectivity index (χ2n) is 8.23. The molecule has 0 bridgehead atoms. The van der Waals surface area contributed by atoms with Gasteiger partial charge in [-0.2, -0.15) is 0 Å². The zero-order valence-electron chi connectivity index (χ0n) is 21.1. The first kappa shape index (κ1) is 30.0. The van der Waals surface area contributed by atoms with Crippen LogP contribution in [0.3, 0.4) is 0 Å². The smallest absolute Gasteiger partial charge is 0.675 e. The van der Waals surface area contributed by atoms with Crippen LogP contribution in [0.1, 0.15) is 27.7 Å². The first-order valence-corrected chi connectivity index (χ1v) is 17.0. The van der Waals surface area contributed by atoms with Crippen molar-refractivity contribution in [1.82, 2.24) is 9.13 Å². The summed E-state index contributed by atoms with van der Waals surface area (Å²) in [5.41, 5.74) is 2.22. The van der Waals surface area contributed by atoms with Crippen LogP contribution in [0.4, 0.5) is 11.4 Å². The Morgan fingerprint density at radius 2 is 0.806 bits per heavy atom. The van der Waals surface area contributed by atoms with Crippen LogP contribution >= 0.6 is 0 Å². The quantitative estimate of drug-likeness (QED) is 0.312. The van der Waals surface area contributed by atoms with Crippen LogP contribution in [0.5, 0.6) is 0 Å². The minimum atomic E-state index is -1.62. The average Bonchev–Trinajstić information content (AvgIpc) is 2.70. The molecule has 0 N–H and O–H groups in total. The fourth-order valence-electron chi connectivity index (χ4n) is 3.77. The Morgan fingerprint density at radius 3 is 1.03 bits per heavy atom. The molecule has 4 nitrogen and oxygen atoms in total. The van der Waals surface area contributed by atoms with Crippen molar-refractivity contribution in [2.45, 2.75) is 53.9 Å². The van der Waals surface area contributed by atoms with E-state index >= 15 is 0 Å². The van der Waals surface area contributed by atoms with Crippen LogP contribution in [0, 0.1) is 0 Å². The molecule has 0 saturated heterocycles. The number of hydrogen-bond acceptors (Lipinski definition) is 2. The van der Waals surface area contributed by atoms with E-state index in [1.165, 1.54) is 0 Å². The van der Waals surface area contributed by atoms with Gasteiger partial charge in [-0.15, -0.1) is 11.4 Å². The Balaban J connectivity index is 0.000000562. The zero-order valence-corrected chi connectivity index (χ0v) is 26.1. The summed E-state index contributed by atoms with van der Waals surface area (Å²) in [6.07, 6.45) is 0. The van der Waals surface area contributed by atoms with Gasteiger partial charge in [-0.05, 0) is 26.2 Å². The summed E-state index contributed by atoms with van der Waals surface area (Å²) in [4.78, 5) is 9.80. The van der Waals surface area contributed by atoms with Crippen molar-refractivity contribution in [3.05, 3.63) is 70.6 Å². The minimum absolute atomic E-state index is 0. The fourth-order valence-corrected chi connectivity index (χ4v) is 8.71. The summed E-state index contributed by atoms with van der Waals surface area (Å²) < 4.78 is 4.97. The Hall–Kier alpha value is -0.983. The van der Waals surface area contributed by atoms with Crippen LogP contribution in [-0.4, -0.2) is 52.1 Å². The van der Waals surface area contributed by atoms with Crippen molar-refractivity contribution in [3.63, 3.8) is 0 Å². The summed E-state index contributed by atoms with van der Waals surface area (Å²) in [6, 6.07) is 20.6. The fraction of sp³-hybridized carbons (Fsp3) is 0.500. The molecular formula is C24H42N4Si2Zn. The molecule has 0 fully saturated rings. The van der Waals surface area contributed by atoms with E-state index in [0.29, 0.717) is 0 Å². The normalized spacial score (nSPS) is 11.4. The van der Waals surface area contributed by atoms with Crippen molar-refractivity contribution in [3.8, 4) is 0 Å². The second-order valence-corrected chi connectivity index (χ2v) is 15.9. The molecule has 2 aromatic carbocycles. The summed E-state index contributed by atoms with van der Waals surface area (Å²) in [5, 5.41) is 0. The maximum atomic E-state index is 4.90. The van der Waals surface area contributed by atoms with E-state index in [1.807, 2.05) is 36.4 Å². The van der Waals surface area contributed by atoms with Gasteiger partial charge in [0, 0.05) is 16.8 Å². The molecule has 0 heterocycles. The molecule has 0 atom stereocenters. The molecule has 168 valence electrons. The van der Waals surface area contributed by atoms with Gasteiger partial charge in [0.1, 0.15) is 0 Å². The van der Waals surface area contributed by atoms with Crippen LogP contribution in [0.2, 0.25) is 26.2 Å². The van der Waals surface area contributed by atoms with E-state index in [2.05, 4.69) is 87.3 Å². The van der Waals surface area contributed by atoms with Gasteiger partial charge in [0.25, 0.3) is 0 Å². The van der Waals surface area contributed by atoms with Gasteiger partial charge in [0.2, 0.25) is 0 Å². The van der Waals surface area contributed by atoms with Crippen LogP contribution in [-0.2, 0) is 19.5 Å². The van der Waals surface area contributed by atoms with Gasteiger partial charge in [0.05, 0.1) is 0 Å². The van der Waals surface area contributed by atoms with Crippen LogP contribution in [0.15, 0.2) is 60.7 Å². The van der Waals surface area contributed by atoms with E-state index in [-0.39, 0.29) is 19.5 Å². The number of benzene rings is 2. The molecular weight excluding hydrogens is 466 g/mol. The van der Waals surface area contributed by atoms with Crippen molar-refractivity contribution in [2.75, 3.05) is 26.2 Å². The molecule has 2 rings (SSSR count). The third kappa shape index (κ3) is 10.5. The van der Waals surface area contributed by atoms with Gasteiger partial charge in [0.15, 0.2) is 0 Å². The maximum Gasteiger partial charge on any atom is 2.00 e. The molecule has 0 radical (unpaired) electrons. The van der Waals surface area contributed by atoms with Crippen molar-refractivity contribution < 1.29 is 19.5 Å². The monoisotopic (exact) mass is 506 g/mol. The van der Waals surface area contributed by atoms with Crippen molar-refractivity contribution in [1.29, 1.82) is 0 Å². The standard InChI is InChI=1S/2C12H21N2Si.Zn/c2*1-5-14(6-2)15(3,4)13-12-10-8-7-9-11-12;/h2*7-11H,5-6H2,1-4H3;/q2*-1;+2. The number of hydrogen-bond donors (Lipinski definition) is 0. The maximum absolute atomic E-state index is 4.90. The summed E-state index contributed by atoms with van der Waals surface area (Å²) >= 11 is 0. The van der Waals surface area contributed by atoms with E-state index in [9.17, 15) is 0 Å². The Morgan fingerprint density at radius 1 is 0.548 bits per heavy atom. The van der Waals surface area contributed by atoms with Gasteiger partial charge < -0.3 is 19.1 Å². The van der Waals surface area contributed by atoms with Crippen molar-refractivity contribution in [2.24, 2.45) is 0 Å². The number of nitrogens with zero attached hydrogens (tertiary/aromatic N) is 4. The minimum Gasteiger partial charge on any atom is -0.675 e. The Labute approximate surface area is 206 Å². The summed E-state index contributed by atoms with van der Waals surface area (Å²) in [6.45, 7) is 22.4. The average molecular weight is 508 g/mol. The van der Waals surface area contributed by atoms with Gasteiger partial charge in [-0.25, -0.2) is 0 Å². The largest absolute Gasteiger partial charge is 2.00 e. The van der Waals surface area contributed by atoms with Gasteiger partial charge >= 0.3 is 19.5 Å². The molecule has 2 aromatic rings. The molecule has 0 spiro atoms. The topological polar surface area (TPSA) is 34.7 Å². The first-order valence-electron chi connectivity index (χ1n) is 11.3. The third-order valence-electron chi connectivity index (χ3n) is 5.39. The predicted octanol–water partition coefficient (Wildman–Crippen LogP) is 7.47. The summed E-state index contributed by atoms with van der Waals surface area (Å²) in [5.74, 6) is 0. The van der Waals surface area contributed by atoms with Crippen LogP contribution in [0.25, 0.3) is 9.96 Å². The molecule has 31 heavy (non-hydrogen) atoms. The van der Waals surface area contributed by atoms with E-state index in [4.69, 9.17) is 9.96 Å². The zero-order chi connectivity index (χ0) is 22.6. The van der Waals surface area contributed by atoms with Crippen LogP contribution < -0.4 is 0 Å². The third-order valence-corrected chi connectivity index (χ3v) is 11.4. The molecule has 0 aromatic heterocycles. The molecule has 0 saturated carbocycles. The summed E-state index contributed by atoms with van der Waals surface area (Å²) in [7, 11) is -3.23. The molecule has 0 aliphatic rings. The van der Waals surface area contributed by atoms with E-state index in [1.54, 1.807) is 0 Å². The second kappa shape index (κ2) is 15.0. The molecule has 7 heteroatoms. The SMILES string of the molecule is CCN(CC)[Si](C)(C)[N-]c1ccccc1.CCN(CC)[Si](C)(C)[N-]c1ccccc1.[Zn+2]. The molecule has 0 amide bonds. The Kier molecular flexibility index (Phi) is 14.5. The number of rotatable bonds is 10. The molecule has 0 aliphatic heterocycles. The molecule has 0 aliphatic carbocycles. The molecule has 0 unspecified atom stereocenters.